The van der Waals surface area contributed by atoms with Gasteiger partial charge in [0.15, 0.2) is 0 Å². The van der Waals surface area contributed by atoms with Gasteiger partial charge in [0, 0.05) is 18.2 Å². The number of benzene rings is 2. The average Bonchev–Trinajstić information content (AvgIpc) is 3.10. The first-order chi connectivity index (χ1) is 13.7. The number of nitrogens with zero attached hydrogens (tertiary/aromatic N) is 2. The van der Waals surface area contributed by atoms with Crippen LogP contribution in [0.5, 0.6) is 0 Å². The summed E-state index contributed by atoms with van der Waals surface area (Å²) < 4.78 is 32.8. The molecule has 0 bridgehead atoms. The summed E-state index contributed by atoms with van der Waals surface area (Å²) in [4.78, 5) is 16.4. The van der Waals surface area contributed by atoms with Gasteiger partial charge in [0.2, 0.25) is 27.6 Å². The summed E-state index contributed by atoms with van der Waals surface area (Å²) in [6.45, 7) is 6.77. The topological polar surface area (TPSA) is 114 Å². The van der Waals surface area contributed by atoms with Crippen molar-refractivity contribution >= 4 is 21.6 Å². The van der Waals surface area contributed by atoms with Crippen LogP contribution in [0.3, 0.4) is 0 Å². The van der Waals surface area contributed by atoms with Crippen molar-refractivity contribution in [2.75, 3.05) is 11.9 Å². The zero-order chi connectivity index (χ0) is 21.2. The van der Waals surface area contributed by atoms with Gasteiger partial charge in [-0.15, -0.1) is 0 Å². The standard InChI is InChI=1S/C20H22N4O4S/c1-12-6-5-7-17(14(12)3)23-19(25)11-21-29(26,27)18-10-16(9-8-13(18)2)20-22-15(4)28-24-20/h5-10,21H,11H2,1-4H3,(H,23,25). The number of hydrogen-bond acceptors (Lipinski definition) is 6. The second-order valence-corrected chi connectivity index (χ2v) is 8.47. The Hall–Kier alpha value is -3.04. The van der Waals surface area contributed by atoms with Crippen molar-refractivity contribution in [3.05, 3.63) is 59.0 Å². The van der Waals surface area contributed by atoms with E-state index in [0.717, 1.165) is 11.1 Å². The van der Waals surface area contributed by atoms with Crippen molar-refractivity contribution in [2.45, 2.75) is 32.6 Å². The Balaban J connectivity index is 1.75. The molecule has 0 radical (unpaired) electrons. The van der Waals surface area contributed by atoms with Crippen LogP contribution < -0.4 is 10.0 Å². The number of nitrogens with one attached hydrogen (secondary N) is 2. The second-order valence-electron chi connectivity index (χ2n) is 6.74. The van der Waals surface area contributed by atoms with Crippen LogP contribution >= 0.6 is 0 Å². The van der Waals surface area contributed by atoms with E-state index in [9.17, 15) is 13.2 Å². The SMILES string of the molecule is Cc1nc(-c2ccc(C)c(S(=O)(=O)NCC(=O)Nc3cccc(C)c3C)c2)no1. The number of carbonyl (C=O) groups excluding carboxylic acids is 1. The number of aromatic nitrogens is 2. The maximum absolute atomic E-state index is 12.8. The molecule has 9 heteroatoms. The fraction of sp³-hybridized carbons (Fsp3) is 0.250. The summed E-state index contributed by atoms with van der Waals surface area (Å²) >= 11 is 0. The van der Waals surface area contributed by atoms with Crippen LogP contribution in [0.15, 0.2) is 45.8 Å². The van der Waals surface area contributed by atoms with Gasteiger partial charge >= 0.3 is 0 Å². The molecule has 0 saturated carbocycles. The van der Waals surface area contributed by atoms with Crippen LogP contribution in [0.4, 0.5) is 5.69 Å². The second kappa shape index (κ2) is 8.14. The minimum Gasteiger partial charge on any atom is -0.339 e. The molecular formula is C20H22N4O4S. The molecule has 0 aliphatic rings. The lowest BCUT2D eigenvalue weighted by Gasteiger charge is -2.12. The van der Waals surface area contributed by atoms with E-state index in [1.165, 1.54) is 6.07 Å². The molecule has 3 rings (SSSR count). The molecule has 0 aliphatic heterocycles. The van der Waals surface area contributed by atoms with Gasteiger partial charge in [-0.1, -0.05) is 29.4 Å². The maximum atomic E-state index is 12.8. The van der Waals surface area contributed by atoms with Gasteiger partial charge in [0.1, 0.15) is 0 Å². The molecule has 1 aromatic heterocycles. The van der Waals surface area contributed by atoms with E-state index in [1.54, 1.807) is 32.0 Å². The summed E-state index contributed by atoms with van der Waals surface area (Å²) in [7, 11) is -3.92. The number of rotatable bonds is 6. The monoisotopic (exact) mass is 414 g/mol. The van der Waals surface area contributed by atoms with Gasteiger partial charge in [-0.2, -0.15) is 4.98 Å². The van der Waals surface area contributed by atoms with Crippen molar-refractivity contribution < 1.29 is 17.7 Å². The van der Waals surface area contributed by atoms with Crippen molar-refractivity contribution in [3.8, 4) is 11.4 Å². The Morgan fingerprint density at radius 2 is 1.83 bits per heavy atom. The van der Waals surface area contributed by atoms with E-state index >= 15 is 0 Å². The minimum absolute atomic E-state index is 0.0528. The molecule has 1 heterocycles. The number of carbonyl (C=O) groups is 1. The highest BCUT2D eigenvalue weighted by Gasteiger charge is 2.20. The number of anilines is 1. The van der Waals surface area contributed by atoms with E-state index in [-0.39, 0.29) is 11.4 Å². The largest absolute Gasteiger partial charge is 0.339 e. The Labute approximate surface area is 169 Å². The first-order valence-electron chi connectivity index (χ1n) is 8.94. The highest BCUT2D eigenvalue weighted by Crippen LogP contribution is 2.23. The van der Waals surface area contributed by atoms with Gasteiger partial charge in [-0.05, 0) is 49.6 Å². The van der Waals surface area contributed by atoms with E-state index < -0.39 is 15.9 Å². The Kier molecular flexibility index (Phi) is 5.81. The first-order valence-corrected chi connectivity index (χ1v) is 10.4. The third-order valence-corrected chi connectivity index (χ3v) is 6.11. The molecule has 3 aromatic rings. The van der Waals surface area contributed by atoms with Crippen LogP contribution in [0, 0.1) is 27.7 Å². The lowest BCUT2D eigenvalue weighted by Crippen LogP contribution is -2.33. The molecule has 0 aliphatic carbocycles. The number of aryl methyl sites for hydroxylation is 3. The third kappa shape index (κ3) is 4.69. The van der Waals surface area contributed by atoms with Gasteiger partial charge < -0.3 is 9.84 Å². The minimum atomic E-state index is -3.92. The predicted molar refractivity (Wildman–Crippen MR) is 109 cm³/mol. The van der Waals surface area contributed by atoms with E-state index in [2.05, 4.69) is 20.2 Å². The lowest BCUT2D eigenvalue weighted by molar-refractivity contribution is -0.115. The number of amides is 1. The highest BCUT2D eigenvalue weighted by atomic mass is 32.2. The fourth-order valence-electron chi connectivity index (χ4n) is 2.76. The average molecular weight is 414 g/mol. The van der Waals surface area contributed by atoms with Gasteiger partial charge in [0.05, 0.1) is 11.4 Å². The van der Waals surface area contributed by atoms with Crippen molar-refractivity contribution in [3.63, 3.8) is 0 Å². The third-order valence-electron chi connectivity index (χ3n) is 4.56. The molecular weight excluding hydrogens is 392 g/mol. The van der Waals surface area contributed by atoms with Crippen molar-refractivity contribution in [1.29, 1.82) is 0 Å². The van der Waals surface area contributed by atoms with Crippen LogP contribution in [0.25, 0.3) is 11.4 Å². The van der Waals surface area contributed by atoms with E-state index in [4.69, 9.17) is 4.52 Å². The highest BCUT2D eigenvalue weighted by molar-refractivity contribution is 7.89. The zero-order valence-electron chi connectivity index (χ0n) is 16.6. The molecule has 8 nitrogen and oxygen atoms in total. The zero-order valence-corrected chi connectivity index (χ0v) is 17.4. The molecule has 0 spiro atoms. The first kappa shape index (κ1) is 20.7. The van der Waals surface area contributed by atoms with Crippen LogP contribution in [0.2, 0.25) is 0 Å². The Morgan fingerprint density at radius 1 is 1.07 bits per heavy atom. The Morgan fingerprint density at radius 3 is 2.52 bits per heavy atom. The number of sulfonamides is 1. The van der Waals surface area contributed by atoms with Gasteiger partial charge in [-0.25, -0.2) is 13.1 Å². The molecule has 0 atom stereocenters. The molecule has 0 saturated heterocycles. The van der Waals surface area contributed by atoms with Crippen LogP contribution in [-0.2, 0) is 14.8 Å². The number of hydrogen-bond donors (Lipinski definition) is 2. The van der Waals surface area contributed by atoms with E-state index in [0.29, 0.717) is 28.5 Å². The maximum Gasteiger partial charge on any atom is 0.241 e. The molecule has 2 aromatic carbocycles. The molecule has 0 fully saturated rings. The van der Waals surface area contributed by atoms with Crippen LogP contribution in [-0.4, -0.2) is 31.0 Å². The molecule has 0 unspecified atom stereocenters. The summed E-state index contributed by atoms with van der Waals surface area (Å²) in [6, 6.07) is 10.4. The summed E-state index contributed by atoms with van der Waals surface area (Å²) in [5.74, 6) is 0.225. The van der Waals surface area contributed by atoms with Crippen molar-refractivity contribution in [2.24, 2.45) is 0 Å². The summed E-state index contributed by atoms with van der Waals surface area (Å²) in [6.07, 6.45) is 0. The smallest absolute Gasteiger partial charge is 0.241 e. The van der Waals surface area contributed by atoms with E-state index in [1.807, 2.05) is 26.0 Å². The predicted octanol–water partition coefficient (Wildman–Crippen LogP) is 2.89. The molecule has 1 amide bonds. The normalized spacial score (nSPS) is 11.4. The van der Waals surface area contributed by atoms with Gasteiger partial charge in [0.25, 0.3) is 0 Å². The lowest BCUT2D eigenvalue weighted by atomic mass is 10.1. The molecule has 29 heavy (non-hydrogen) atoms. The molecule has 152 valence electrons. The van der Waals surface area contributed by atoms with Gasteiger partial charge in [-0.3, -0.25) is 4.79 Å². The van der Waals surface area contributed by atoms with Crippen molar-refractivity contribution in [1.82, 2.24) is 14.9 Å². The molecule has 2 N–H and O–H groups in total. The quantitative estimate of drug-likeness (QED) is 0.641. The Bertz CT molecular complexity index is 1170. The fourth-order valence-corrected chi connectivity index (χ4v) is 4.02. The summed E-state index contributed by atoms with van der Waals surface area (Å²) in [5, 5.41) is 6.54. The van der Waals surface area contributed by atoms with Crippen LogP contribution in [0.1, 0.15) is 22.6 Å². The summed E-state index contributed by atoms with van der Waals surface area (Å²) in [5.41, 5.74) is 3.67.